The summed E-state index contributed by atoms with van der Waals surface area (Å²) < 4.78 is 0.454. The highest BCUT2D eigenvalue weighted by atomic mass is 32.1. The normalized spacial score (nSPS) is 10.3. The summed E-state index contributed by atoms with van der Waals surface area (Å²) >= 11 is 6.08. The third-order valence-corrected chi connectivity index (χ3v) is 4.85. The first-order chi connectivity index (χ1) is 13.6. The first-order valence-electron chi connectivity index (χ1n) is 8.61. The number of aryl methyl sites for hydroxylation is 1. The minimum atomic E-state index is -0.554. The topological polar surface area (TPSA) is 90.1 Å². The third-order valence-electron chi connectivity index (χ3n) is 3.85. The van der Waals surface area contributed by atoms with Crippen molar-refractivity contribution in [2.45, 2.75) is 19.4 Å². The molecule has 144 valence electrons. The van der Waals surface area contributed by atoms with Crippen LogP contribution < -0.4 is 10.7 Å². The lowest BCUT2D eigenvalue weighted by molar-refractivity contribution is -0.134. The Morgan fingerprint density at radius 2 is 1.68 bits per heavy atom. The molecule has 0 saturated heterocycles. The van der Waals surface area contributed by atoms with Gasteiger partial charge in [0.05, 0.1) is 6.54 Å². The monoisotopic (exact) mass is 413 g/mol. The number of carbonyl (C=O) groups is 2. The zero-order valence-corrected chi connectivity index (χ0v) is 16.6. The number of aromatic nitrogens is 2. The summed E-state index contributed by atoms with van der Waals surface area (Å²) in [6.07, 6.45) is 0.869. The van der Waals surface area contributed by atoms with Crippen LogP contribution in [-0.2, 0) is 17.8 Å². The Hall–Kier alpha value is -3.04. The molecular weight excluding hydrogens is 394 g/mol. The van der Waals surface area contributed by atoms with Crippen LogP contribution in [-0.4, -0.2) is 27.1 Å². The van der Waals surface area contributed by atoms with Gasteiger partial charge in [0.1, 0.15) is 0 Å². The van der Waals surface area contributed by atoms with Crippen LogP contribution in [0.2, 0.25) is 0 Å². The lowest BCUT2D eigenvalue weighted by atomic mass is 10.1. The van der Waals surface area contributed by atoms with Crippen molar-refractivity contribution in [1.29, 1.82) is 0 Å². The molecule has 1 heterocycles. The van der Waals surface area contributed by atoms with Gasteiger partial charge in [-0.3, -0.25) is 15.2 Å². The predicted octanol–water partition coefficient (Wildman–Crippen LogP) is 3.90. The predicted molar refractivity (Wildman–Crippen MR) is 111 cm³/mol. The van der Waals surface area contributed by atoms with E-state index in [0.717, 1.165) is 22.5 Å². The van der Waals surface area contributed by atoms with E-state index in [9.17, 15) is 9.59 Å². The Labute approximate surface area is 171 Å². The van der Waals surface area contributed by atoms with E-state index < -0.39 is 6.03 Å². The van der Waals surface area contributed by atoms with E-state index in [-0.39, 0.29) is 18.9 Å². The maximum absolute atomic E-state index is 12.8. The standard InChI is InChI=1S/C19H19N5O2S2/c25-16(12-11-14-7-3-1-4-8-14)24(13-15-9-5-2-6-10-15)23-17(26)20-18-21-22-19(27)28-18/h1-10H,11-13H2,(H,22,27)(H2,20,21,23,26). The molecule has 7 nitrogen and oxygen atoms in total. The van der Waals surface area contributed by atoms with Gasteiger partial charge < -0.3 is 0 Å². The molecule has 0 fully saturated rings. The fourth-order valence-corrected chi connectivity index (χ4v) is 3.30. The van der Waals surface area contributed by atoms with Crippen molar-refractivity contribution < 1.29 is 9.59 Å². The van der Waals surface area contributed by atoms with Crippen molar-refractivity contribution in [3.05, 3.63) is 75.7 Å². The lowest BCUT2D eigenvalue weighted by Gasteiger charge is -2.23. The summed E-state index contributed by atoms with van der Waals surface area (Å²) in [5.74, 6) is -0.183. The minimum absolute atomic E-state index is 0.183. The van der Waals surface area contributed by atoms with Crippen molar-refractivity contribution in [3.63, 3.8) is 0 Å². The van der Waals surface area contributed by atoms with Crippen LogP contribution in [0, 0.1) is 3.95 Å². The molecule has 3 aromatic rings. The highest BCUT2D eigenvalue weighted by Gasteiger charge is 2.17. The molecule has 0 aliphatic rings. The van der Waals surface area contributed by atoms with Crippen LogP contribution in [0.1, 0.15) is 17.5 Å². The van der Waals surface area contributed by atoms with E-state index in [1.807, 2.05) is 60.7 Å². The molecule has 0 saturated carbocycles. The van der Waals surface area contributed by atoms with Gasteiger partial charge in [-0.2, -0.15) is 0 Å². The summed E-state index contributed by atoms with van der Waals surface area (Å²) in [6.45, 7) is 0.262. The highest BCUT2D eigenvalue weighted by Crippen LogP contribution is 2.11. The number of nitrogens with zero attached hydrogens (tertiary/aromatic N) is 2. The Morgan fingerprint density at radius 1 is 1.04 bits per heavy atom. The number of rotatable bonds is 6. The molecule has 1 aromatic heterocycles. The molecule has 0 bridgehead atoms. The minimum Gasteiger partial charge on any atom is -0.281 e. The van der Waals surface area contributed by atoms with Crippen LogP contribution in [0.5, 0.6) is 0 Å². The number of urea groups is 1. The van der Waals surface area contributed by atoms with Crippen molar-refractivity contribution in [1.82, 2.24) is 20.6 Å². The number of H-pyrrole nitrogens is 1. The second-order valence-electron chi connectivity index (χ2n) is 5.94. The Morgan fingerprint density at radius 3 is 2.29 bits per heavy atom. The summed E-state index contributed by atoms with van der Waals surface area (Å²) in [5.41, 5.74) is 4.59. The molecule has 0 aliphatic carbocycles. The Balaban J connectivity index is 1.65. The number of hydrogen-bond acceptors (Lipinski definition) is 5. The van der Waals surface area contributed by atoms with Crippen LogP contribution in [0.3, 0.4) is 0 Å². The van der Waals surface area contributed by atoms with E-state index in [2.05, 4.69) is 20.9 Å². The quantitative estimate of drug-likeness (QED) is 0.422. The lowest BCUT2D eigenvalue weighted by Crippen LogP contribution is -2.47. The molecule has 3 amide bonds. The van der Waals surface area contributed by atoms with E-state index >= 15 is 0 Å². The van der Waals surface area contributed by atoms with Crippen LogP contribution >= 0.6 is 23.6 Å². The average Bonchev–Trinajstić information content (AvgIpc) is 3.11. The van der Waals surface area contributed by atoms with Crippen LogP contribution in [0.25, 0.3) is 0 Å². The number of anilines is 1. The second kappa shape index (κ2) is 9.77. The number of carbonyl (C=O) groups excluding carboxylic acids is 2. The molecule has 2 aromatic carbocycles. The fraction of sp³-hybridized carbons (Fsp3) is 0.158. The van der Waals surface area contributed by atoms with Gasteiger partial charge in [0.15, 0.2) is 3.95 Å². The van der Waals surface area contributed by atoms with E-state index in [0.29, 0.717) is 15.5 Å². The smallest absolute Gasteiger partial charge is 0.281 e. The average molecular weight is 414 g/mol. The number of aromatic amines is 1. The second-order valence-corrected chi connectivity index (χ2v) is 7.60. The Kier molecular flexibility index (Phi) is 6.88. The molecule has 0 spiro atoms. The van der Waals surface area contributed by atoms with Gasteiger partial charge in [0, 0.05) is 6.42 Å². The van der Waals surface area contributed by atoms with Gasteiger partial charge >= 0.3 is 6.03 Å². The summed E-state index contributed by atoms with van der Waals surface area (Å²) in [5, 5.41) is 10.7. The van der Waals surface area contributed by atoms with Crippen LogP contribution in [0.4, 0.5) is 9.93 Å². The molecular formula is C19H19N5O2S2. The van der Waals surface area contributed by atoms with Gasteiger partial charge in [-0.15, -0.1) is 5.10 Å². The SMILES string of the molecule is O=C(Nc1n[nH]c(=S)s1)NN(Cc1ccccc1)C(=O)CCc1ccccc1. The molecule has 28 heavy (non-hydrogen) atoms. The van der Waals surface area contributed by atoms with E-state index in [1.165, 1.54) is 5.01 Å². The number of amides is 3. The molecule has 0 radical (unpaired) electrons. The summed E-state index contributed by atoms with van der Waals surface area (Å²) in [4.78, 5) is 25.1. The molecule has 0 aliphatic heterocycles. The molecule has 9 heteroatoms. The first kappa shape index (κ1) is 19.7. The van der Waals surface area contributed by atoms with E-state index in [1.54, 1.807) is 0 Å². The number of hydrazine groups is 1. The third kappa shape index (κ3) is 6.00. The number of hydrogen-bond donors (Lipinski definition) is 3. The van der Waals surface area contributed by atoms with E-state index in [4.69, 9.17) is 12.2 Å². The largest absolute Gasteiger partial charge is 0.339 e. The first-order valence-corrected chi connectivity index (χ1v) is 9.84. The summed E-state index contributed by atoms with van der Waals surface area (Å²) in [7, 11) is 0. The van der Waals surface area contributed by atoms with Gasteiger partial charge in [0.2, 0.25) is 11.0 Å². The zero-order chi connectivity index (χ0) is 19.8. The van der Waals surface area contributed by atoms with Crippen molar-refractivity contribution >= 4 is 40.6 Å². The van der Waals surface area contributed by atoms with Gasteiger partial charge in [0.25, 0.3) is 0 Å². The molecule has 3 rings (SSSR count). The van der Waals surface area contributed by atoms with Crippen molar-refractivity contribution in [2.75, 3.05) is 5.32 Å². The zero-order valence-electron chi connectivity index (χ0n) is 14.9. The number of benzene rings is 2. The maximum Gasteiger partial charge on any atom is 0.339 e. The van der Waals surface area contributed by atoms with Gasteiger partial charge in [-0.1, -0.05) is 72.0 Å². The van der Waals surface area contributed by atoms with Crippen LogP contribution in [0.15, 0.2) is 60.7 Å². The molecule has 0 unspecified atom stereocenters. The molecule has 3 N–H and O–H groups in total. The Bertz CT molecular complexity index is 973. The summed E-state index contributed by atoms with van der Waals surface area (Å²) in [6, 6.07) is 18.7. The molecule has 0 atom stereocenters. The van der Waals surface area contributed by atoms with Crippen molar-refractivity contribution in [2.24, 2.45) is 0 Å². The number of nitrogens with one attached hydrogen (secondary N) is 3. The maximum atomic E-state index is 12.8. The van der Waals surface area contributed by atoms with Gasteiger partial charge in [-0.25, -0.2) is 15.2 Å². The highest BCUT2D eigenvalue weighted by molar-refractivity contribution is 7.73. The van der Waals surface area contributed by atoms with Gasteiger partial charge in [-0.05, 0) is 29.8 Å². The fourth-order valence-electron chi connectivity index (χ4n) is 2.52. The van der Waals surface area contributed by atoms with Crippen molar-refractivity contribution in [3.8, 4) is 0 Å².